The van der Waals surface area contributed by atoms with E-state index in [4.69, 9.17) is 5.73 Å². The van der Waals surface area contributed by atoms with Crippen molar-refractivity contribution in [1.29, 1.82) is 0 Å². The van der Waals surface area contributed by atoms with Crippen LogP contribution in [-0.4, -0.2) is 34.7 Å². The number of hydrogen-bond donors (Lipinski definition) is 3. The van der Waals surface area contributed by atoms with Crippen LogP contribution in [0.5, 0.6) is 0 Å². The van der Waals surface area contributed by atoms with E-state index in [-0.39, 0.29) is 24.4 Å². The van der Waals surface area contributed by atoms with Crippen molar-refractivity contribution in [3.63, 3.8) is 0 Å². The molecule has 0 aliphatic rings. The number of hydrogen-bond acceptors (Lipinski definition) is 4. The SMILES string of the molecule is CNC(=O)Cn1cc(NC(=O)CCCC(C)N)cn1. The Labute approximate surface area is 112 Å². The Bertz CT molecular complexity index is 428. The molecule has 106 valence electrons. The van der Waals surface area contributed by atoms with E-state index in [9.17, 15) is 9.59 Å². The van der Waals surface area contributed by atoms with Crippen molar-refractivity contribution in [1.82, 2.24) is 15.1 Å². The number of aromatic nitrogens is 2. The third-order valence-electron chi connectivity index (χ3n) is 2.56. The molecule has 1 heterocycles. The van der Waals surface area contributed by atoms with Crippen molar-refractivity contribution in [3.8, 4) is 0 Å². The van der Waals surface area contributed by atoms with Crippen molar-refractivity contribution in [2.45, 2.75) is 38.8 Å². The summed E-state index contributed by atoms with van der Waals surface area (Å²) in [5, 5.41) is 9.22. The van der Waals surface area contributed by atoms with Crippen molar-refractivity contribution >= 4 is 17.5 Å². The molecule has 1 unspecified atom stereocenters. The van der Waals surface area contributed by atoms with Gasteiger partial charge in [-0.2, -0.15) is 5.10 Å². The lowest BCUT2D eigenvalue weighted by Gasteiger charge is -2.04. The van der Waals surface area contributed by atoms with Gasteiger partial charge in [-0.25, -0.2) is 0 Å². The number of nitrogens with one attached hydrogen (secondary N) is 2. The molecule has 1 aromatic rings. The zero-order valence-corrected chi connectivity index (χ0v) is 11.3. The molecule has 0 saturated heterocycles. The van der Waals surface area contributed by atoms with E-state index >= 15 is 0 Å². The Kier molecular flexibility index (Phi) is 6.01. The summed E-state index contributed by atoms with van der Waals surface area (Å²) >= 11 is 0. The Morgan fingerprint density at radius 2 is 2.21 bits per heavy atom. The predicted molar refractivity (Wildman–Crippen MR) is 72.4 cm³/mol. The number of nitrogens with two attached hydrogens (primary N) is 1. The van der Waals surface area contributed by atoms with Crippen LogP contribution >= 0.6 is 0 Å². The maximum Gasteiger partial charge on any atom is 0.241 e. The molecular formula is C12H21N5O2. The normalized spacial score (nSPS) is 11.9. The van der Waals surface area contributed by atoms with Crippen molar-refractivity contribution in [2.24, 2.45) is 5.73 Å². The highest BCUT2D eigenvalue weighted by molar-refractivity contribution is 5.90. The van der Waals surface area contributed by atoms with Gasteiger partial charge in [-0.3, -0.25) is 14.3 Å². The van der Waals surface area contributed by atoms with Gasteiger partial charge < -0.3 is 16.4 Å². The molecule has 0 radical (unpaired) electrons. The second kappa shape index (κ2) is 7.52. The Morgan fingerprint density at radius 1 is 1.47 bits per heavy atom. The highest BCUT2D eigenvalue weighted by Gasteiger charge is 2.06. The maximum atomic E-state index is 11.6. The average Bonchev–Trinajstić information content (AvgIpc) is 2.75. The monoisotopic (exact) mass is 267 g/mol. The molecule has 19 heavy (non-hydrogen) atoms. The summed E-state index contributed by atoms with van der Waals surface area (Å²) in [5.74, 6) is -0.210. The molecule has 1 aromatic heterocycles. The summed E-state index contributed by atoms with van der Waals surface area (Å²) in [7, 11) is 1.56. The molecule has 0 aliphatic heterocycles. The zero-order valence-electron chi connectivity index (χ0n) is 11.3. The summed E-state index contributed by atoms with van der Waals surface area (Å²) in [6.07, 6.45) is 5.16. The van der Waals surface area contributed by atoms with Crippen LogP contribution in [0.1, 0.15) is 26.2 Å². The quantitative estimate of drug-likeness (QED) is 0.651. The minimum Gasteiger partial charge on any atom is -0.358 e. The van der Waals surface area contributed by atoms with Crippen LogP contribution in [0.2, 0.25) is 0 Å². The Morgan fingerprint density at radius 3 is 2.84 bits per heavy atom. The molecule has 1 rings (SSSR count). The maximum absolute atomic E-state index is 11.6. The van der Waals surface area contributed by atoms with Crippen LogP contribution in [0.25, 0.3) is 0 Å². The lowest BCUT2D eigenvalue weighted by atomic mass is 10.1. The molecular weight excluding hydrogens is 246 g/mol. The fourth-order valence-electron chi connectivity index (χ4n) is 1.55. The number of carbonyl (C=O) groups is 2. The van der Waals surface area contributed by atoms with Crippen molar-refractivity contribution < 1.29 is 9.59 Å². The number of likely N-dealkylation sites (N-methyl/N-ethyl adjacent to an activating group) is 1. The van der Waals surface area contributed by atoms with Crippen LogP contribution in [0.4, 0.5) is 5.69 Å². The van der Waals surface area contributed by atoms with Gasteiger partial charge in [-0.15, -0.1) is 0 Å². The molecule has 0 fully saturated rings. The van der Waals surface area contributed by atoms with Crippen molar-refractivity contribution in [3.05, 3.63) is 12.4 Å². The van der Waals surface area contributed by atoms with Gasteiger partial charge in [0.1, 0.15) is 6.54 Å². The second-order valence-corrected chi connectivity index (χ2v) is 4.52. The Balaban J connectivity index is 2.36. The first kappa shape index (κ1) is 15.2. The molecule has 0 bridgehead atoms. The van der Waals surface area contributed by atoms with Gasteiger partial charge in [0, 0.05) is 25.7 Å². The zero-order chi connectivity index (χ0) is 14.3. The summed E-state index contributed by atoms with van der Waals surface area (Å²) in [4.78, 5) is 22.8. The van der Waals surface area contributed by atoms with Gasteiger partial charge in [0.15, 0.2) is 0 Å². The summed E-state index contributed by atoms with van der Waals surface area (Å²) in [6.45, 7) is 2.05. The number of nitrogens with zero attached hydrogens (tertiary/aromatic N) is 2. The van der Waals surface area contributed by atoms with Gasteiger partial charge >= 0.3 is 0 Å². The first-order valence-corrected chi connectivity index (χ1v) is 6.29. The van der Waals surface area contributed by atoms with Crippen LogP contribution in [0.3, 0.4) is 0 Å². The highest BCUT2D eigenvalue weighted by Crippen LogP contribution is 2.07. The fourth-order valence-corrected chi connectivity index (χ4v) is 1.55. The lowest BCUT2D eigenvalue weighted by molar-refractivity contribution is -0.121. The molecule has 0 spiro atoms. The van der Waals surface area contributed by atoms with Gasteiger partial charge in [0.25, 0.3) is 0 Å². The highest BCUT2D eigenvalue weighted by atomic mass is 16.2. The van der Waals surface area contributed by atoms with Gasteiger partial charge in [0.2, 0.25) is 11.8 Å². The van der Waals surface area contributed by atoms with Gasteiger partial charge in [-0.05, 0) is 19.8 Å². The lowest BCUT2D eigenvalue weighted by Crippen LogP contribution is -2.23. The number of carbonyl (C=O) groups excluding carboxylic acids is 2. The van der Waals surface area contributed by atoms with E-state index in [2.05, 4.69) is 15.7 Å². The third kappa shape index (κ3) is 6.01. The van der Waals surface area contributed by atoms with Crippen LogP contribution in [0.15, 0.2) is 12.4 Å². The standard InChI is InChI=1S/C12H21N5O2/c1-9(13)4-3-5-11(18)16-10-6-15-17(7-10)8-12(19)14-2/h6-7,9H,3-5,8,13H2,1-2H3,(H,14,19)(H,16,18). The topological polar surface area (TPSA) is 102 Å². The number of anilines is 1. The minimum atomic E-state index is -0.141. The summed E-state index contributed by atoms with van der Waals surface area (Å²) in [5.41, 5.74) is 6.20. The number of amides is 2. The predicted octanol–water partition coefficient (Wildman–Crippen LogP) is 0.0851. The first-order chi connectivity index (χ1) is 9.01. The van der Waals surface area contributed by atoms with E-state index in [1.54, 1.807) is 13.2 Å². The molecule has 0 aromatic carbocycles. The van der Waals surface area contributed by atoms with E-state index in [1.165, 1.54) is 10.9 Å². The molecule has 2 amide bonds. The van der Waals surface area contributed by atoms with E-state index in [0.29, 0.717) is 12.1 Å². The molecule has 1 atom stereocenters. The van der Waals surface area contributed by atoms with E-state index in [1.807, 2.05) is 6.92 Å². The fraction of sp³-hybridized carbons (Fsp3) is 0.583. The largest absolute Gasteiger partial charge is 0.358 e. The van der Waals surface area contributed by atoms with E-state index < -0.39 is 0 Å². The smallest absolute Gasteiger partial charge is 0.241 e. The molecule has 0 aliphatic carbocycles. The summed E-state index contributed by atoms with van der Waals surface area (Å²) in [6, 6.07) is 0.114. The van der Waals surface area contributed by atoms with Gasteiger partial charge in [0.05, 0.1) is 11.9 Å². The van der Waals surface area contributed by atoms with Crippen molar-refractivity contribution in [2.75, 3.05) is 12.4 Å². The van der Waals surface area contributed by atoms with Crippen LogP contribution in [0, 0.1) is 0 Å². The molecule has 7 nitrogen and oxygen atoms in total. The second-order valence-electron chi connectivity index (χ2n) is 4.52. The Hall–Kier alpha value is -1.89. The van der Waals surface area contributed by atoms with Crippen LogP contribution in [-0.2, 0) is 16.1 Å². The average molecular weight is 267 g/mol. The minimum absolute atomic E-state index is 0.0693. The number of rotatable bonds is 7. The third-order valence-corrected chi connectivity index (χ3v) is 2.56. The molecule has 7 heteroatoms. The molecule has 0 saturated carbocycles. The first-order valence-electron chi connectivity index (χ1n) is 6.29. The van der Waals surface area contributed by atoms with Crippen LogP contribution < -0.4 is 16.4 Å². The summed E-state index contributed by atoms with van der Waals surface area (Å²) < 4.78 is 1.47. The van der Waals surface area contributed by atoms with E-state index in [0.717, 1.165) is 12.8 Å². The molecule has 4 N–H and O–H groups in total. The van der Waals surface area contributed by atoms with Gasteiger partial charge in [-0.1, -0.05) is 0 Å².